The van der Waals surface area contributed by atoms with E-state index in [1.54, 1.807) is 12.3 Å². The van der Waals surface area contributed by atoms with E-state index in [1.807, 2.05) is 4.90 Å². The van der Waals surface area contributed by atoms with Crippen LogP contribution in [0.5, 0.6) is 0 Å². The summed E-state index contributed by atoms with van der Waals surface area (Å²) in [6.07, 6.45) is 2.67. The summed E-state index contributed by atoms with van der Waals surface area (Å²) in [4.78, 5) is 30.4. The zero-order valence-corrected chi connectivity index (χ0v) is 19.8. The Labute approximate surface area is 203 Å². The van der Waals surface area contributed by atoms with Crippen LogP contribution in [0.3, 0.4) is 0 Å². The molecule has 1 aromatic carbocycles. The largest absolute Gasteiger partial charge is 0.416 e. The second-order valence-corrected chi connectivity index (χ2v) is 9.60. The first-order chi connectivity index (χ1) is 16.9. The molecule has 35 heavy (non-hydrogen) atoms. The molecule has 7 nitrogen and oxygen atoms in total. The number of halogens is 3. The summed E-state index contributed by atoms with van der Waals surface area (Å²) >= 11 is 0. The van der Waals surface area contributed by atoms with E-state index in [2.05, 4.69) is 24.7 Å². The van der Waals surface area contributed by atoms with Crippen LogP contribution in [0.2, 0.25) is 0 Å². The summed E-state index contributed by atoms with van der Waals surface area (Å²) in [7, 11) is 0. The first-order valence-corrected chi connectivity index (χ1v) is 12.4. The molecule has 3 heterocycles. The molecule has 0 spiro atoms. The lowest BCUT2D eigenvalue weighted by Crippen LogP contribution is -2.56. The lowest BCUT2D eigenvalue weighted by Gasteiger charge is -2.43. The second-order valence-electron chi connectivity index (χ2n) is 9.60. The normalized spacial score (nSPS) is 20.7. The molecule has 2 aliphatic heterocycles. The van der Waals surface area contributed by atoms with Crippen molar-refractivity contribution in [1.29, 1.82) is 0 Å². The molecule has 1 aromatic heterocycles. The van der Waals surface area contributed by atoms with E-state index in [1.165, 1.54) is 31.5 Å². The van der Waals surface area contributed by atoms with Gasteiger partial charge in [-0.2, -0.15) is 13.2 Å². The zero-order chi connectivity index (χ0) is 24.4. The van der Waals surface area contributed by atoms with Crippen molar-refractivity contribution in [2.24, 2.45) is 0 Å². The molecule has 0 atom stereocenters. The minimum atomic E-state index is -4.39. The maximum Gasteiger partial charge on any atom is 0.416 e. The molecule has 0 unspecified atom stereocenters. The predicted octanol–water partition coefficient (Wildman–Crippen LogP) is 2.98. The Bertz CT molecular complexity index is 1010. The number of piperazine rings is 2. The number of nitrogens with zero attached hydrogens (tertiary/aromatic N) is 6. The smallest absolute Gasteiger partial charge is 0.353 e. The Morgan fingerprint density at radius 1 is 0.943 bits per heavy atom. The van der Waals surface area contributed by atoms with Crippen LogP contribution in [0.25, 0.3) is 11.3 Å². The highest BCUT2D eigenvalue weighted by atomic mass is 19.4. The summed E-state index contributed by atoms with van der Waals surface area (Å²) in [5, 5.41) is 0. The number of aromatic nitrogens is 2. The van der Waals surface area contributed by atoms with Gasteiger partial charge in [-0.25, -0.2) is 4.98 Å². The van der Waals surface area contributed by atoms with Gasteiger partial charge in [0.2, 0.25) is 5.91 Å². The van der Waals surface area contributed by atoms with E-state index < -0.39 is 11.7 Å². The molecule has 1 aliphatic carbocycles. The van der Waals surface area contributed by atoms with Crippen LogP contribution in [0, 0.1) is 0 Å². The Balaban J connectivity index is 1.10. The summed E-state index contributed by atoms with van der Waals surface area (Å²) < 4.78 is 39.0. The lowest BCUT2D eigenvalue weighted by atomic mass is 9.91. The van der Waals surface area contributed by atoms with Crippen LogP contribution in [0.1, 0.15) is 24.8 Å². The van der Waals surface area contributed by atoms with Crippen molar-refractivity contribution in [2.45, 2.75) is 31.5 Å². The fraction of sp³-hybridized carbons (Fsp3) is 0.560. The average Bonchev–Trinajstić information content (AvgIpc) is 2.84. The summed E-state index contributed by atoms with van der Waals surface area (Å²) in [5.74, 6) is 0.899. The van der Waals surface area contributed by atoms with Crippen LogP contribution >= 0.6 is 0 Å². The first-order valence-electron chi connectivity index (χ1n) is 12.4. The Kier molecular flexibility index (Phi) is 6.93. The molecule has 188 valence electrons. The Morgan fingerprint density at radius 3 is 2.29 bits per heavy atom. The van der Waals surface area contributed by atoms with E-state index in [4.69, 9.17) is 0 Å². The highest BCUT2D eigenvalue weighted by Crippen LogP contribution is 2.32. The van der Waals surface area contributed by atoms with Gasteiger partial charge < -0.3 is 9.80 Å². The third-order valence-corrected chi connectivity index (χ3v) is 7.44. The van der Waals surface area contributed by atoms with Gasteiger partial charge in [0.05, 0.1) is 30.2 Å². The number of anilines is 1. The number of carbonyl (C=O) groups excluding carboxylic acids is 1. The minimum absolute atomic E-state index is 0.206. The van der Waals surface area contributed by atoms with Gasteiger partial charge in [-0.3, -0.25) is 19.6 Å². The van der Waals surface area contributed by atoms with Crippen LogP contribution in [-0.2, 0) is 11.0 Å². The number of benzene rings is 1. The van der Waals surface area contributed by atoms with Gasteiger partial charge in [0.25, 0.3) is 0 Å². The molecule has 5 rings (SSSR count). The van der Waals surface area contributed by atoms with E-state index >= 15 is 0 Å². The number of hydrogen-bond donors (Lipinski definition) is 0. The molecule has 2 aromatic rings. The van der Waals surface area contributed by atoms with Gasteiger partial charge in [-0.15, -0.1) is 0 Å². The molecule has 0 radical (unpaired) electrons. The van der Waals surface area contributed by atoms with Gasteiger partial charge in [-0.05, 0) is 25.0 Å². The van der Waals surface area contributed by atoms with Crippen LogP contribution in [0.15, 0.2) is 36.7 Å². The minimum Gasteiger partial charge on any atom is -0.353 e. The van der Waals surface area contributed by atoms with Crippen LogP contribution in [0.4, 0.5) is 19.0 Å². The van der Waals surface area contributed by atoms with E-state index in [-0.39, 0.29) is 5.91 Å². The predicted molar refractivity (Wildman–Crippen MR) is 127 cm³/mol. The SMILES string of the molecule is O=C(CN1CCN(c2cnc(-c3cccc(C(F)(F)F)c3)cn2)CC1)N1CCN(C2CCC2)CC1. The van der Waals surface area contributed by atoms with Gasteiger partial charge in [-0.1, -0.05) is 18.6 Å². The maximum absolute atomic E-state index is 13.0. The van der Waals surface area contributed by atoms with Gasteiger partial charge in [0, 0.05) is 64.0 Å². The summed E-state index contributed by atoms with van der Waals surface area (Å²) in [6.45, 7) is 7.01. The number of carbonyl (C=O) groups is 1. The van der Waals surface area contributed by atoms with Crippen LogP contribution < -0.4 is 4.90 Å². The molecule has 2 saturated heterocycles. The van der Waals surface area contributed by atoms with Crippen molar-refractivity contribution in [3.63, 3.8) is 0 Å². The molecule has 3 fully saturated rings. The topological polar surface area (TPSA) is 55.8 Å². The third-order valence-electron chi connectivity index (χ3n) is 7.44. The highest BCUT2D eigenvalue weighted by molar-refractivity contribution is 5.78. The number of hydrogen-bond acceptors (Lipinski definition) is 6. The average molecular weight is 489 g/mol. The summed E-state index contributed by atoms with van der Waals surface area (Å²) in [6, 6.07) is 5.85. The fourth-order valence-electron chi connectivity index (χ4n) is 5.00. The molecule has 0 N–H and O–H groups in total. The van der Waals surface area contributed by atoms with E-state index in [0.29, 0.717) is 23.6 Å². The first kappa shape index (κ1) is 24.0. The maximum atomic E-state index is 13.0. The van der Waals surface area contributed by atoms with Crippen molar-refractivity contribution in [2.75, 3.05) is 63.8 Å². The number of amides is 1. The molecular formula is C25H31F3N6O. The van der Waals surface area contributed by atoms with Crippen molar-refractivity contribution in [3.05, 3.63) is 42.2 Å². The molecule has 0 bridgehead atoms. The van der Waals surface area contributed by atoms with Crippen molar-refractivity contribution >= 4 is 11.7 Å². The Morgan fingerprint density at radius 2 is 1.69 bits per heavy atom. The van der Waals surface area contributed by atoms with E-state index in [0.717, 1.165) is 70.5 Å². The second kappa shape index (κ2) is 10.1. The Hall–Kier alpha value is -2.72. The number of alkyl halides is 3. The highest BCUT2D eigenvalue weighted by Gasteiger charge is 2.31. The van der Waals surface area contributed by atoms with Gasteiger partial charge >= 0.3 is 6.18 Å². The van der Waals surface area contributed by atoms with Crippen molar-refractivity contribution in [3.8, 4) is 11.3 Å². The van der Waals surface area contributed by atoms with Crippen LogP contribution in [-0.4, -0.2) is 95.5 Å². The zero-order valence-electron chi connectivity index (χ0n) is 19.8. The molecule has 10 heteroatoms. The molecule has 1 saturated carbocycles. The molecular weight excluding hydrogens is 457 g/mol. The lowest BCUT2D eigenvalue weighted by molar-refractivity contribution is -0.137. The van der Waals surface area contributed by atoms with Gasteiger partial charge in [0.15, 0.2) is 0 Å². The van der Waals surface area contributed by atoms with Crippen molar-refractivity contribution in [1.82, 2.24) is 24.7 Å². The summed E-state index contributed by atoms with van der Waals surface area (Å²) in [5.41, 5.74) is 0.0870. The monoisotopic (exact) mass is 488 g/mol. The fourth-order valence-corrected chi connectivity index (χ4v) is 5.00. The molecule has 3 aliphatic rings. The standard InChI is InChI=1S/C25H31F3N6O/c26-25(27,28)20-4-1-3-19(15-20)22-16-30-23(17-29-22)33-9-7-31(8-10-33)18-24(35)34-13-11-32(12-14-34)21-5-2-6-21/h1,3-4,15-17,21H,2,5-14,18H2. The third kappa shape index (κ3) is 5.59. The van der Waals surface area contributed by atoms with E-state index in [9.17, 15) is 18.0 Å². The number of rotatable bonds is 5. The quantitative estimate of drug-likeness (QED) is 0.645. The van der Waals surface area contributed by atoms with Crippen molar-refractivity contribution < 1.29 is 18.0 Å². The van der Waals surface area contributed by atoms with Gasteiger partial charge in [0.1, 0.15) is 5.82 Å². The molecule has 1 amide bonds.